The van der Waals surface area contributed by atoms with E-state index in [1.165, 1.54) is 42.1 Å². The maximum Gasteiger partial charge on any atom is 0.0457 e. The molecule has 2 aromatic rings. The second kappa shape index (κ2) is 7.49. The van der Waals surface area contributed by atoms with Gasteiger partial charge in [0.25, 0.3) is 0 Å². The number of rotatable bonds is 8. The van der Waals surface area contributed by atoms with Crippen molar-refractivity contribution < 1.29 is 0 Å². The summed E-state index contributed by atoms with van der Waals surface area (Å²) in [5.74, 6) is 2.30. The summed E-state index contributed by atoms with van der Waals surface area (Å²) in [4.78, 5) is 3.42. The van der Waals surface area contributed by atoms with Gasteiger partial charge in [-0.2, -0.15) is 0 Å². The highest BCUT2D eigenvalue weighted by Gasteiger charge is 2.23. The maximum absolute atomic E-state index is 5.65. The van der Waals surface area contributed by atoms with E-state index in [4.69, 9.17) is 5.73 Å². The number of hydrogen-bond acceptors (Lipinski definition) is 1. The smallest absolute Gasteiger partial charge is 0.0457 e. The molecule has 2 heteroatoms. The van der Waals surface area contributed by atoms with Crippen LogP contribution in [0.3, 0.4) is 0 Å². The van der Waals surface area contributed by atoms with Gasteiger partial charge in [0.1, 0.15) is 0 Å². The first-order valence-corrected chi connectivity index (χ1v) is 7.94. The van der Waals surface area contributed by atoms with Crippen molar-refractivity contribution in [2.24, 2.45) is 11.7 Å². The molecule has 1 heterocycles. The Kier molecular flexibility index (Phi) is 5.66. The molecule has 109 valence electrons. The molecule has 0 unspecified atom stereocenters. The van der Waals surface area contributed by atoms with Crippen LogP contribution in [-0.4, -0.2) is 11.5 Å². The summed E-state index contributed by atoms with van der Waals surface area (Å²) in [7, 11) is 0. The molecule has 1 aromatic carbocycles. The van der Waals surface area contributed by atoms with Crippen LogP contribution in [0, 0.1) is 11.8 Å². The fraction of sp³-hybridized carbons (Fsp3) is 0.500. The van der Waals surface area contributed by atoms with Crippen molar-refractivity contribution in [2.45, 2.75) is 46.0 Å². The van der Waals surface area contributed by atoms with Gasteiger partial charge in [0.15, 0.2) is 0 Å². The Bertz CT molecular complexity index is 511. The van der Waals surface area contributed by atoms with Crippen LogP contribution in [-0.2, 0) is 0 Å². The minimum atomic E-state index is 0.687. The third-order valence-corrected chi connectivity index (χ3v) is 4.31. The van der Waals surface area contributed by atoms with E-state index in [1.54, 1.807) is 5.92 Å². The van der Waals surface area contributed by atoms with Crippen LogP contribution in [0.25, 0.3) is 10.9 Å². The van der Waals surface area contributed by atoms with Crippen molar-refractivity contribution in [3.8, 4) is 0 Å². The van der Waals surface area contributed by atoms with E-state index in [1.807, 2.05) is 0 Å². The van der Waals surface area contributed by atoms with E-state index in [0.717, 1.165) is 13.0 Å². The standard InChI is InChI=1S/C18H27N2/c1-3-14(4-2)15(9-7-8-12-19)17-13-20-18-11-6-5-10-16(17)18/h5-6,10-11,13-14,20H,3-4,7-9,12,19H2,1-2H3. The topological polar surface area (TPSA) is 41.8 Å². The largest absolute Gasteiger partial charge is 0.361 e. The molecule has 3 N–H and O–H groups in total. The molecule has 0 aliphatic heterocycles. The Labute approximate surface area is 122 Å². The van der Waals surface area contributed by atoms with Gasteiger partial charge >= 0.3 is 0 Å². The first-order chi connectivity index (χ1) is 9.81. The number of fused-ring (bicyclic) bond motifs is 1. The van der Waals surface area contributed by atoms with Crippen molar-refractivity contribution >= 4 is 10.9 Å². The van der Waals surface area contributed by atoms with Gasteiger partial charge in [-0.3, -0.25) is 0 Å². The molecule has 2 rings (SSSR count). The molecule has 1 aromatic heterocycles. The van der Waals surface area contributed by atoms with Crippen molar-refractivity contribution in [1.29, 1.82) is 0 Å². The number of hydrogen-bond donors (Lipinski definition) is 2. The zero-order chi connectivity index (χ0) is 14.4. The van der Waals surface area contributed by atoms with Crippen molar-refractivity contribution in [2.75, 3.05) is 6.54 Å². The van der Waals surface area contributed by atoms with Crippen molar-refractivity contribution in [3.05, 3.63) is 41.9 Å². The first kappa shape index (κ1) is 15.1. The maximum atomic E-state index is 5.65. The van der Waals surface area contributed by atoms with E-state index >= 15 is 0 Å². The summed E-state index contributed by atoms with van der Waals surface area (Å²) in [5.41, 5.74) is 8.31. The Hall–Kier alpha value is -1.28. The summed E-state index contributed by atoms with van der Waals surface area (Å²) in [5, 5.41) is 1.36. The van der Waals surface area contributed by atoms with Gasteiger partial charge < -0.3 is 10.7 Å². The monoisotopic (exact) mass is 271 g/mol. The molecule has 0 saturated heterocycles. The molecule has 20 heavy (non-hydrogen) atoms. The van der Waals surface area contributed by atoms with Gasteiger partial charge in [-0.1, -0.05) is 51.3 Å². The minimum absolute atomic E-state index is 0.687. The van der Waals surface area contributed by atoms with Crippen LogP contribution in [0.5, 0.6) is 0 Å². The molecule has 0 atom stereocenters. The summed E-state index contributed by atoms with van der Waals surface area (Å²) in [6.07, 6.45) is 8.11. The lowest BCUT2D eigenvalue weighted by atomic mass is 9.79. The van der Waals surface area contributed by atoms with Crippen molar-refractivity contribution in [1.82, 2.24) is 4.98 Å². The van der Waals surface area contributed by atoms with E-state index in [-0.39, 0.29) is 0 Å². The van der Waals surface area contributed by atoms with Gasteiger partial charge in [-0.05, 0) is 36.9 Å². The summed E-state index contributed by atoms with van der Waals surface area (Å²) < 4.78 is 0. The molecule has 2 nitrogen and oxygen atoms in total. The minimum Gasteiger partial charge on any atom is -0.361 e. The number of benzene rings is 1. The van der Waals surface area contributed by atoms with Gasteiger partial charge in [-0.15, -0.1) is 0 Å². The highest BCUT2D eigenvalue weighted by Crippen LogP contribution is 2.36. The second-order valence-electron chi connectivity index (χ2n) is 5.53. The van der Waals surface area contributed by atoms with E-state index in [2.05, 4.69) is 49.3 Å². The average Bonchev–Trinajstić information content (AvgIpc) is 2.91. The average molecular weight is 271 g/mol. The summed E-state index contributed by atoms with van der Waals surface area (Å²) in [6.45, 7) is 5.39. The van der Waals surface area contributed by atoms with Crippen LogP contribution < -0.4 is 5.73 Å². The summed E-state index contributed by atoms with van der Waals surface area (Å²) in [6, 6.07) is 8.60. The zero-order valence-corrected chi connectivity index (χ0v) is 12.8. The highest BCUT2D eigenvalue weighted by atomic mass is 14.7. The van der Waals surface area contributed by atoms with E-state index < -0.39 is 0 Å². The normalized spacial score (nSPS) is 11.8. The zero-order valence-electron chi connectivity index (χ0n) is 12.8. The van der Waals surface area contributed by atoms with Gasteiger partial charge in [-0.25, -0.2) is 0 Å². The molecule has 0 bridgehead atoms. The fourth-order valence-corrected chi connectivity index (χ4v) is 3.14. The molecule has 0 aliphatic rings. The predicted molar refractivity (Wildman–Crippen MR) is 87.6 cm³/mol. The Morgan fingerprint density at radius 2 is 1.90 bits per heavy atom. The van der Waals surface area contributed by atoms with Gasteiger partial charge in [0, 0.05) is 23.0 Å². The van der Waals surface area contributed by atoms with Crippen LogP contribution >= 0.6 is 0 Å². The van der Waals surface area contributed by atoms with Crippen LogP contribution in [0.15, 0.2) is 30.5 Å². The number of nitrogens with two attached hydrogens (primary N) is 1. The predicted octanol–water partition coefficient (Wildman–Crippen LogP) is 4.66. The molecule has 0 aliphatic carbocycles. The first-order valence-electron chi connectivity index (χ1n) is 7.94. The third-order valence-electron chi connectivity index (χ3n) is 4.31. The molecule has 0 amide bonds. The molecule has 0 saturated carbocycles. The van der Waals surface area contributed by atoms with Gasteiger partial charge in [0.2, 0.25) is 0 Å². The van der Waals surface area contributed by atoms with E-state index in [9.17, 15) is 0 Å². The SMILES string of the molecule is CCC(CC)[C](CCCCN)c1c[nH]c2ccccc12. The fourth-order valence-electron chi connectivity index (χ4n) is 3.14. The van der Waals surface area contributed by atoms with Crippen LogP contribution in [0.1, 0.15) is 51.5 Å². The third kappa shape index (κ3) is 3.24. The lowest BCUT2D eigenvalue weighted by molar-refractivity contribution is 0.486. The number of unbranched alkanes of at least 4 members (excludes halogenated alkanes) is 1. The van der Waals surface area contributed by atoms with E-state index in [0.29, 0.717) is 5.92 Å². The van der Waals surface area contributed by atoms with Crippen LogP contribution in [0.2, 0.25) is 0 Å². The lowest BCUT2D eigenvalue weighted by Crippen LogP contribution is -2.13. The number of H-pyrrole nitrogens is 1. The lowest BCUT2D eigenvalue weighted by Gasteiger charge is -2.24. The van der Waals surface area contributed by atoms with Crippen molar-refractivity contribution in [3.63, 3.8) is 0 Å². The highest BCUT2D eigenvalue weighted by molar-refractivity contribution is 5.85. The molecule has 0 spiro atoms. The Balaban J connectivity index is 2.29. The Morgan fingerprint density at radius 1 is 1.15 bits per heavy atom. The number of aromatic amines is 1. The molecule has 0 fully saturated rings. The molecular formula is C18H27N2. The second-order valence-corrected chi connectivity index (χ2v) is 5.53. The number of para-hydroxylation sites is 1. The number of nitrogens with one attached hydrogen (secondary N) is 1. The molecule has 1 radical (unpaired) electrons. The van der Waals surface area contributed by atoms with Gasteiger partial charge in [0.05, 0.1) is 0 Å². The summed E-state index contributed by atoms with van der Waals surface area (Å²) >= 11 is 0. The molecular weight excluding hydrogens is 244 g/mol. The Morgan fingerprint density at radius 3 is 2.60 bits per heavy atom. The quantitative estimate of drug-likeness (QED) is 0.674. The van der Waals surface area contributed by atoms with Crippen LogP contribution in [0.4, 0.5) is 0 Å². The number of aromatic nitrogens is 1.